The molecule has 2 aromatic rings. The van der Waals surface area contributed by atoms with Crippen LogP contribution >= 0.6 is 0 Å². The third-order valence-electron chi connectivity index (χ3n) is 3.38. The first-order chi connectivity index (χ1) is 9.88. The van der Waals surface area contributed by atoms with Crippen molar-refractivity contribution in [1.29, 1.82) is 0 Å². The fraction of sp³-hybridized carbons (Fsp3) is 0.222. The molecule has 0 saturated carbocycles. The van der Waals surface area contributed by atoms with Gasteiger partial charge in [-0.1, -0.05) is 30.3 Å². The number of benzene rings is 2. The summed E-state index contributed by atoms with van der Waals surface area (Å²) in [6, 6.07) is 16.4. The molecule has 0 heterocycles. The predicted octanol–water partition coefficient (Wildman–Crippen LogP) is 3.34. The van der Waals surface area contributed by atoms with E-state index in [1.54, 1.807) is 36.4 Å². The molecule has 0 aliphatic heterocycles. The summed E-state index contributed by atoms with van der Waals surface area (Å²) < 4.78 is 0.692. The van der Waals surface area contributed by atoms with Gasteiger partial charge in [0.1, 0.15) is 5.69 Å². The summed E-state index contributed by atoms with van der Waals surface area (Å²) in [6.45, 7) is 0. The smallest absolute Gasteiger partial charge is 0.170 e. The number of quaternary nitrogens is 1. The second kappa shape index (κ2) is 6.02. The van der Waals surface area contributed by atoms with Gasteiger partial charge >= 0.3 is 0 Å². The summed E-state index contributed by atoms with van der Waals surface area (Å²) in [5, 5.41) is 0. The molecule has 0 saturated heterocycles. The van der Waals surface area contributed by atoms with E-state index in [-0.39, 0.29) is 18.0 Å². The van der Waals surface area contributed by atoms with Gasteiger partial charge in [-0.15, -0.1) is 0 Å². The Morgan fingerprint density at radius 3 is 1.71 bits per heavy atom. The van der Waals surface area contributed by atoms with Crippen LogP contribution in [0.1, 0.15) is 27.1 Å². The van der Waals surface area contributed by atoms with E-state index in [4.69, 9.17) is 0 Å². The zero-order valence-electron chi connectivity index (χ0n) is 12.7. The van der Waals surface area contributed by atoms with Gasteiger partial charge in [0.05, 0.1) is 27.6 Å². The fourth-order valence-corrected chi connectivity index (χ4v) is 2.07. The third kappa shape index (κ3) is 3.86. The lowest BCUT2D eigenvalue weighted by atomic mass is 10.0. The van der Waals surface area contributed by atoms with Crippen molar-refractivity contribution in [3.8, 4) is 0 Å². The number of rotatable bonds is 5. The number of ketones is 2. The van der Waals surface area contributed by atoms with Crippen LogP contribution in [0.2, 0.25) is 0 Å². The molecule has 108 valence electrons. The summed E-state index contributed by atoms with van der Waals surface area (Å²) >= 11 is 0. The summed E-state index contributed by atoms with van der Waals surface area (Å²) in [5.74, 6) is -0.284. The molecule has 0 radical (unpaired) electrons. The molecule has 2 aromatic carbocycles. The van der Waals surface area contributed by atoms with Crippen molar-refractivity contribution in [1.82, 2.24) is 4.48 Å². The maximum atomic E-state index is 12.2. The van der Waals surface area contributed by atoms with Gasteiger partial charge in [0.15, 0.2) is 11.6 Å². The van der Waals surface area contributed by atoms with Gasteiger partial charge < -0.3 is 0 Å². The average molecular weight is 282 g/mol. The van der Waals surface area contributed by atoms with Gasteiger partial charge in [0, 0.05) is 11.1 Å². The Hall–Kier alpha value is -2.26. The van der Waals surface area contributed by atoms with Crippen molar-refractivity contribution in [2.45, 2.75) is 6.42 Å². The summed E-state index contributed by atoms with van der Waals surface area (Å²) in [5.41, 5.74) is 2.27. The summed E-state index contributed by atoms with van der Waals surface area (Å²) in [4.78, 5) is 24.2. The van der Waals surface area contributed by atoms with Gasteiger partial charge in [-0.2, -0.15) is 0 Å². The van der Waals surface area contributed by atoms with Crippen molar-refractivity contribution < 1.29 is 9.59 Å². The highest BCUT2D eigenvalue weighted by Gasteiger charge is 2.16. The lowest BCUT2D eigenvalue weighted by Gasteiger charge is -2.23. The predicted molar refractivity (Wildman–Crippen MR) is 85.7 cm³/mol. The first-order valence-corrected chi connectivity index (χ1v) is 6.91. The van der Waals surface area contributed by atoms with Gasteiger partial charge in [-0.25, -0.2) is 0 Å². The van der Waals surface area contributed by atoms with Crippen LogP contribution in [0.3, 0.4) is 0 Å². The normalized spacial score (nSPS) is 11.2. The second-order valence-corrected chi connectivity index (χ2v) is 5.95. The zero-order chi connectivity index (χ0) is 15.5. The molecule has 3 heteroatoms. The molecule has 0 unspecified atom stereocenters. The molecule has 3 nitrogen and oxygen atoms in total. The number of hydrogen-bond donors (Lipinski definition) is 0. The highest BCUT2D eigenvalue weighted by Crippen LogP contribution is 2.18. The molecule has 0 amide bonds. The van der Waals surface area contributed by atoms with E-state index in [9.17, 15) is 9.59 Å². The quantitative estimate of drug-likeness (QED) is 0.479. The van der Waals surface area contributed by atoms with E-state index in [1.165, 1.54) is 0 Å². The molecule has 0 aromatic heterocycles. The minimum absolute atomic E-state index is 0.0895. The lowest BCUT2D eigenvalue weighted by Crippen LogP contribution is -2.34. The second-order valence-electron chi connectivity index (χ2n) is 5.95. The first-order valence-electron chi connectivity index (χ1n) is 6.91. The van der Waals surface area contributed by atoms with E-state index >= 15 is 0 Å². The Labute approximate surface area is 125 Å². The van der Waals surface area contributed by atoms with Gasteiger partial charge in [-0.3, -0.25) is 14.1 Å². The first kappa shape index (κ1) is 15.1. The molecule has 0 aliphatic carbocycles. The number of Topliss-reactive ketones (excluding diaryl/α,β-unsaturated/α-hetero) is 2. The summed E-state index contributed by atoms with van der Waals surface area (Å²) in [7, 11) is 6.20. The number of carbonyl (C=O) groups is 2. The van der Waals surface area contributed by atoms with E-state index < -0.39 is 0 Å². The fourth-order valence-electron chi connectivity index (χ4n) is 2.07. The molecule has 0 bridgehead atoms. The SMILES string of the molecule is C[N+](C)(C)c1ccc(C(=O)CC(=O)c2ccccc2)cc1. The number of nitrogens with zero attached hydrogens (tertiary/aromatic N) is 1. The van der Waals surface area contributed by atoms with Crippen molar-refractivity contribution in [3.05, 3.63) is 65.7 Å². The van der Waals surface area contributed by atoms with Crippen LogP contribution in [0.15, 0.2) is 54.6 Å². The Bertz CT molecular complexity index is 637. The average Bonchev–Trinajstić information content (AvgIpc) is 2.47. The van der Waals surface area contributed by atoms with Gasteiger partial charge in [0.2, 0.25) is 0 Å². The van der Waals surface area contributed by atoms with Crippen molar-refractivity contribution in [2.75, 3.05) is 21.1 Å². The highest BCUT2D eigenvalue weighted by molar-refractivity contribution is 6.13. The molecule has 0 aliphatic rings. The molecule has 0 fully saturated rings. The van der Waals surface area contributed by atoms with E-state index in [1.807, 2.05) is 18.2 Å². The maximum absolute atomic E-state index is 12.2. The van der Waals surface area contributed by atoms with Crippen LogP contribution in [-0.2, 0) is 0 Å². The molecular formula is C18H20NO2+. The van der Waals surface area contributed by atoms with Gasteiger partial charge in [0.25, 0.3) is 0 Å². The standard InChI is InChI=1S/C18H20NO2/c1-19(2,3)16-11-9-15(10-12-16)18(21)13-17(20)14-7-5-4-6-8-14/h4-12H,13H2,1-3H3/q+1. The molecule has 0 atom stereocenters. The molecular weight excluding hydrogens is 262 g/mol. The monoisotopic (exact) mass is 282 g/mol. The Balaban J connectivity index is 2.09. The van der Waals surface area contributed by atoms with Crippen molar-refractivity contribution >= 4 is 17.3 Å². The Morgan fingerprint density at radius 1 is 0.762 bits per heavy atom. The van der Waals surface area contributed by atoms with E-state index in [0.29, 0.717) is 15.6 Å². The van der Waals surface area contributed by atoms with Gasteiger partial charge in [-0.05, 0) is 24.3 Å². The van der Waals surface area contributed by atoms with Crippen LogP contribution in [0.5, 0.6) is 0 Å². The minimum atomic E-state index is -0.142. The zero-order valence-corrected chi connectivity index (χ0v) is 12.7. The van der Waals surface area contributed by atoms with Crippen LogP contribution in [0, 0.1) is 0 Å². The topological polar surface area (TPSA) is 34.1 Å². The third-order valence-corrected chi connectivity index (χ3v) is 3.38. The number of carbonyl (C=O) groups excluding carboxylic acids is 2. The summed E-state index contributed by atoms with van der Waals surface area (Å²) in [6.07, 6.45) is -0.0895. The minimum Gasteiger partial charge on any atom is -0.298 e. The van der Waals surface area contributed by atoms with Crippen LogP contribution in [-0.4, -0.2) is 32.7 Å². The van der Waals surface area contributed by atoms with Crippen LogP contribution < -0.4 is 4.48 Å². The van der Waals surface area contributed by atoms with Crippen LogP contribution in [0.25, 0.3) is 0 Å². The van der Waals surface area contributed by atoms with Crippen molar-refractivity contribution in [3.63, 3.8) is 0 Å². The van der Waals surface area contributed by atoms with Crippen molar-refractivity contribution in [2.24, 2.45) is 0 Å². The number of hydrogen-bond acceptors (Lipinski definition) is 2. The molecule has 0 N–H and O–H groups in total. The molecule has 0 spiro atoms. The van der Waals surface area contributed by atoms with Crippen LogP contribution in [0.4, 0.5) is 5.69 Å². The molecule has 21 heavy (non-hydrogen) atoms. The maximum Gasteiger partial charge on any atom is 0.170 e. The largest absolute Gasteiger partial charge is 0.298 e. The van der Waals surface area contributed by atoms with E-state index in [2.05, 4.69) is 21.1 Å². The molecule has 2 rings (SSSR count). The highest BCUT2D eigenvalue weighted by atomic mass is 16.1. The Morgan fingerprint density at radius 2 is 1.24 bits per heavy atom. The lowest BCUT2D eigenvalue weighted by molar-refractivity contribution is 0.0894. The Kier molecular flexibility index (Phi) is 4.34. The van der Waals surface area contributed by atoms with E-state index in [0.717, 1.165) is 5.69 Å².